The number of thioether (sulfide) groups is 1. The molecule has 1 aliphatic heterocycles. The normalized spacial score (nSPS) is 19.0. The molecule has 4 rings (SSSR count). The largest absolute Gasteiger partial charge is 0.451 e. The van der Waals surface area contributed by atoms with Crippen LogP contribution in [0.3, 0.4) is 0 Å². The summed E-state index contributed by atoms with van der Waals surface area (Å²) in [6.07, 6.45) is 8.69. The van der Waals surface area contributed by atoms with E-state index in [4.69, 9.17) is 4.42 Å². The van der Waals surface area contributed by atoms with E-state index < -0.39 is 0 Å². The highest BCUT2D eigenvalue weighted by molar-refractivity contribution is 7.99. The molecule has 1 aromatic carbocycles. The molecule has 0 unspecified atom stereocenters. The number of likely N-dealkylation sites (tertiary alicyclic amines) is 1. The molecule has 0 spiro atoms. The minimum atomic E-state index is 0. The van der Waals surface area contributed by atoms with Crippen molar-refractivity contribution in [2.45, 2.75) is 62.0 Å². The molecule has 2 aliphatic rings. The van der Waals surface area contributed by atoms with Crippen molar-refractivity contribution in [2.24, 2.45) is 0 Å². The standard InChI is InChI=1S/C22H30N2O2S.ClH/c1-23-16-11-13-24(14-12-16)22(25)21-19(15-27-17-7-3-2-4-8-17)18-9-5-6-10-20(18)26-21;/h5-6,9-10,16-17,23H,2-4,7-8,11-15H2,1H3;1H. The topological polar surface area (TPSA) is 45.5 Å². The van der Waals surface area contributed by atoms with Gasteiger partial charge >= 0.3 is 0 Å². The summed E-state index contributed by atoms with van der Waals surface area (Å²) in [5.74, 6) is 1.51. The first-order valence-corrected chi connectivity index (χ1v) is 11.4. The summed E-state index contributed by atoms with van der Waals surface area (Å²) in [5, 5.41) is 5.16. The van der Waals surface area contributed by atoms with Crippen molar-refractivity contribution in [2.75, 3.05) is 20.1 Å². The van der Waals surface area contributed by atoms with Crippen molar-refractivity contribution in [1.29, 1.82) is 0 Å². The van der Waals surface area contributed by atoms with Gasteiger partial charge in [-0.1, -0.05) is 37.5 Å². The second-order valence-corrected chi connectivity index (χ2v) is 9.12. The van der Waals surface area contributed by atoms with Crippen LogP contribution in [0.1, 0.15) is 61.1 Å². The lowest BCUT2D eigenvalue weighted by Gasteiger charge is -2.31. The third-order valence-corrected chi connectivity index (χ3v) is 7.50. The Hall–Kier alpha value is -1.17. The van der Waals surface area contributed by atoms with Gasteiger partial charge < -0.3 is 14.6 Å². The smallest absolute Gasteiger partial charge is 0.289 e. The van der Waals surface area contributed by atoms with E-state index >= 15 is 0 Å². The first-order valence-electron chi connectivity index (χ1n) is 10.3. The van der Waals surface area contributed by atoms with Crippen LogP contribution in [0.4, 0.5) is 0 Å². The zero-order chi connectivity index (χ0) is 18.6. The Labute approximate surface area is 178 Å². The van der Waals surface area contributed by atoms with E-state index in [-0.39, 0.29) is 18.3 Å². The number of fused-ring (bicyclic) bond motifs is 1. The first-order chi connectivity index (χ1) is 13.3. The van der Waals surface area contributed by atoms with Crippen LogP contribution < -0.4 is 5.32 Å². The molecule has 2 heterocycles. The molecule has 28 heavy (non-hydrogen) atoms. The molecule has 2 aromatic rings. The molecule has 1 saturated heterocycles. The van der Waals surface area contributed by atoms with Crippen molar-refractivity contribution < 1.29 is 9.21 Å². The van der Waals surface area contributed by atoms with Gasteiger partial charge in [0.25, 0.3) is 5.91 Å². The summed E-state index contributed by atoms with van der Waals surface area (Å²) in [6.45, 7) is 1.60. The lowest BCUT2D eigenvalue weighted by molar-refractivity contribution is 0.0676. The van der Waals surface area contributed by atoms with Crippen LogP contribution in [0.5, 0.6) is 0 Å². The van der Waals surface area contributed by atoms with E-state index in [1.165, 1.54) is 32.1 Å². The molecule has 0 bridgehead atoms. The maximum Gasteiger partial charge on any atom is 0.289 e. The molecule has 1 aromatic heterocycles. The van der Waals surface area contributed by atoms with E-state index in [0.717, 1.165) is 53.5 Å². The molecule has 1 saturated carbocycles. The molecular weight excluding hydrogens is 392 g/mol. The number of amides is 1. The minimum absolute atomic E-state index is 0. The average Bonchev–Trinajstić information content (AvgIpc) is 3.11. The fourth-order valence-corrected chi connectivity index (χ4v) is 5.72. The van der Waals surface area contributed by atoms with Gasteiger partial charge in [0.05, 0.1) is 0 Å². The second-order valence-electron chi connectivity index (χ2n) is 7.83. The van der Waals surface area contributed by atoms with Crippen molar-refractivity contribution in [3.8, 4) is 0 Å². The van der Waals surface area contributed by atoms with E-state index in [9.17, 15) is 4.79 Å². The second kappa shape index (κ2) is 10.0. The molecule has 2 fully saturated rings. The highest BCUT2D eigenvalue weighted by atomic mass is 35.5. The molecule has 0 radical (unpaired) electrons. The van der Waals surface area contributed by atoms with Gasteiger partial charge in [0.2, 0.25) is 0 Å². The highest BCUT2D eigenvalue weighted by Crippen LogP contribution is 2.35. The number of rotatable bonds is 5. The van der Waals surface area contributed by atoms with E-state index in [1.807, 2.05) is 41.9 Å². The number of nitrogens with one attached hydrogen (secondary N) is 1. The van der Waals surface area contributed by atoms with Crippen LogP contribution in [0.2, 0.25) is 0 Å². The quantitative estimate of drug-likeness (QED) is 0.715. The Kier molecular flexibility index (Phi) is 7.72. The number of carbonyl (C=O) groups excluding carboxylic acids is 1. The van der Waals surface area contributed by atoms with E-state index in [0.29, 0.717) is 11.8 Å². The Morgan fingerprint density at radius 1 is 1.14 bits per heavy atom. The SMILES string of the molecule is CNC1CCN(C(=O)c2oc3ccccc3c2CSC2CCCCC2)CC1.Cl. The molecule has 1 amide bonds. The number of carbonyl (C=O) groups is 1. The number of piperidine rings is 1. The number of nitrogens with zero attached hydrogens (tertiary/aromatic N) is 1. The molecule has 0 atom stereocenters. The number of benzene rings is 1. The van der Waals surface area contributed by atoms with Gasteiger partial charge in [-0.05, 0) is 38.8 Å². The summed E-state index contributed by atoms with van der Waals surface area (Å²) >= 11 is 2.01. The van der Waals surface area contributed by atoms with Gasteiger partial charge in [0, 0.05) is 41.1 Å². The summed E-state index contributed by atoms with van der Waals surface area (Å²) in [5.41, 5.74) is 1.94. The average molecular weight is 423 g/mol. The van der Waals surface area contributed by atoms with Gasteiger partial charge in [-0.2, -0.15) is 11.8 Å². The van der Waals surface area contributed by atoms with Gasteiger partial charge in [-0.25, -0.2) is 0 Å². The van der Waals surface area contributed by atoms with Crippen LogP contribution >= 0.6 is 24.2 Å². The lowest BCUT2D eigenvalue weighted by atomic mass is 10.0. The lowest BCUT2D eigenvalue weighted by Crippen LogP contribution is -2.44. The van der Waals surface area contributed by atoms with Gasteiger partial charge in [-0.3, -0.25) is 4.79 Å². The number of para-hydroxylation sites is 1. The predicted molar refractivity (Wildman–Crippen MR) is 120 cm³/mol. The molecular formula is C22H31ClN2O2S. The van der Waals surface area contributed by atoms with Crippen molar-refractivity contribution in [3.05, 3.63) is 35.6 Å². The Bertz CT molecular complexity index is 780. The van der Waals surface area contributed by atoms with Gasteiger partial charge in [-0.15, -0.1) is 12.4 Å². The fourth-order valence-electron chi connectivity index (χ4n) is 4.36. The zero-order valence-electron chi connectivity index (χ0n) is 16.6. The predicted octanol–water partition coefficient (Wildman–Crippen LogP) is 5.24. The van der Waals surface area contributed by atoms with Gasteiger partial charge in [0.1, 0.15) is 5.58 Å². The number of furan rings is 1. The van der Waals surface area contributed by atoms with E-state index in [1.54, 1.807) is 0 Å². The van der Waals surface area contributed by atoms with E-state index in [2.05, 4.69) is 11.4 Å². The summed E-state index contributed by atoms with van der Waals surface area (Å²) in [6, 6.07) is 8.62. The van der Waals surface area contributed by atoms with Crippen molar-refractivity contribution in [3.63, 3.8) is 0 Å². The maximum absolute atomic E-state index is 13.2. The number of halogens is 1. The summed E-state index contributed by atoms with van der Waals surface area (Å²) in [4.78, 5) is 15.2. The summed E-state index contributed by atoms with van der Waals surface area (Å²) < 4.78 is 6.09. The Balaban J connectivity index is 0.00000225. The van der Waals surface area contributed by atoms with Crippen LogP contribution in [0.15, 0.2) is 28.7 Å². The van der Waals surface area contributed by atoms with Crippen LogP contribution in [-0.2, 0) is 5.75 Å². The first kappa shape index (κ1) is 21.5. The molecule has 1 aliphatic carbocycles. The Morgan fingerprint density at radius 2 is 1.86 bits per heavy atom. The van der Waals surface area contributed by atoms with Crippen molar-refractivity contribution in [1.82, 2.24) is 10.2 Å². The number of hydrogen-bond donors (Lipinski definition) is 1. The van der Waals surface area contributed by atoms with Crippen LogP contribution in [0, 0.1) is 0 Å². The zero-order valence-corrected chi connectivity index (χ0v) is 18.2. The Morgan fingerprint density at radius 3 is 2.57 bits per heavy atom. The molecule has 1 N–H and O–H groups in total. The number of hydrogen-bond acceptors (Lipinski definition) is 4. The summed E-state index contributed by atoms with van der Waals surface area (Å²) in [7, 11) is 2.00. The molecule has 4 nitrogen and oxygen atoms in total. The van der Waals surface area contributed by atoms with Crippen LogP contribution in [0.25, 0.3) is 11.0 Å². The maximum atomic E-state index is 13.2. The third kappa shape index (κ3) is 4.69. The molecule has 6 heteroatoms. The monoisotopic (exact) mass is 422 g/mol. The fraction of sp³-hybridized carbons (Fsp3) is 0.591. The molecule has 154 valence electrons. The minimum Gasteiger partial charge on any atom is -0.451 e. The van der Waals surface area contributed by atoms with Crippen molar-refractivity contribution >= 4 is 41.0 Å². The third-order valence-electron chi connectivity index (χ3n) is 6.10. The highest BCUT2D eigenvalue weighted by Gasteiger charge is 2.28. The van der Waals surface area contributed by atoms with Crippen LogP contribution in [-0.4, -0.2) is 42.2 Å². The van der Waals surface area contributed by atoms with Gasteiger partial charge in [0.15, 0.2) is 5.76 Å².